The molecule has 0 radical (unpaired) electrons. The van der Waals surface area contributed by atoms with Gasteiger partial charge in [0.25, 0.3) is 0 Å². The number of aliphatic imine (C=N–C) groups is 1. The topological polar surface area (TPSA) is 42.2 Å². The van der Waals surface area contributed by atoms with E-state index in [0.717, 1.165) is 44.5 Å². The van der Waals surface area contributed by atoms with Crippen molar-refractivity contribution in [1.82, 2.24) is 9.55 Å². The first-order valence-electron chi connectivity index (χ1n) is 6.73. The third-order valence-corrected chi connectivity index (χ3v) is 4.01. The number of benzene rings is 1. The van der Waals surface area contributed by atoms with Gasteiger partial charge in [0.2, 0.25) is 0 Å². The van der Waals surface area contributed by atoms with Crippen molar-refractivity contribution in [3.8, 4) is 0 Å². The standard InChI is InChI=1S/C17H14N4/c1-4-19-16-10(2)20-17-11(16)5-6-14-15(17)12-9-18-8-7-13(12)21(14)3/h4-9,20H,1-2H2,3H3. The number of nitrogens with one attached hydrogen (secondary N) is 1. The van der Waals surface area contributed by atoms with Crippen molar-refractivity contribution in [3.63, 3.8) is 0 Å². The summed E-state index contributed by atoms with van der Waals surface area (Å²) in [6, 6.07) is 6.23. The van der Waals surface area contributed by atoms with E-state index >= 15 is 0 Å². The second-order valence-corrected chi connectivity index (χ2v) is 5.10. The zero-order chi connectivity index (χ0) is 14.6. The van der Waals surface area contributed by atoms with Gasteiger partial charge in [0.15, 0.2) is 0 Å². The molecule has 4 rings (SSSR count). The highest BCUT2D eigenvalue weighted by atomic mass is 15.0. The third kappa shape index (κ3) is 1.44. The number of hydrogen-bond acceptors (Lipinski definition) is 3. The van der Waals surface area contributed by atoms with Crippen LogP contribution in [0.25, 0.3) is 21.8 Å². The zero-order valence-electron chi connectivity index (χ0n) is 11.7. The monoisotopic (exact) mass is 274 g/mol. The number of aryl methyl sites for hydroxylation is 1. The highest BCUT2D eigenvalue weighted by Gasteiger charge is 2.25. The number of pyridine rings is 1. The lowest BCUT2D eigenvalue weighted by Crippen LogP contribution is -1.98. The molecule has 0 spiro atoms. The van der Waals surface area contributed by atoms with Gasteiger partial charge in [-0.15, -0.1) is 0 Å². The first-order chi connectivity index (χ1) is 10.2. The maximum Gasteiger partial charge on any atom is 0.0951 e. The summed E-state index contributed by atoms with van der Waals surface area (Å²) in [6.45, 7) is 7.73. The molecule has 0 fully saturated rings. The maximum atomic E-state index is 4.34. The summed E-state index contributed by atoms with van der Waals surface area (Å²) in [6.07, 6.45) is 5.27. The molecule has 0 atom stereocenters. The van der Waals surface area contributed by atoms with E-state index in [1.54, 1.807) is 6.20 Å². The average Bonchev–Trinajstić information content (AvgIpc) is 2.97. The van der Waals surface area contributed by atoms with Crippen LogP contribution in [0.1, 0.15) is 5.56 Å². The van der Waals surface area contributed by atoms with Gasteiger partial charge in [0, 0.05) is 42.0 Å². The number of nitrogens with zero attached hydrogens (tertiary/aromatic N) is 3. The van der Waals surface area contributed by atoms with Crippen LogP contribution in [0.2, 0.25) is 0 Å². The zero-order valence-corrected chi connectivity index (χ0v) is 11.7. The molecule has 4 nitrogen and oxygen atoms in total. The fourth-order valence-electron chi connectivity index (χ4n) is 3.08. The normalized spacial score (nSPS) is 15.7. The van der Waals surface area contributed by atoms with Crippen LogP contribution in [0.4, 0.5) is 5.69 Å². The number of allylic oxidation sites excluding steroid dienone is 1. The SMILES string of the molecule is C=CN=C1C(=C)Nc2c1ccc1c2c2cnccc2n1C. The number of fused-ring (bicyclic) bond motifs is 5. The summed E-state index contributed by atoms with van der Waals surface area (Å²) in [5.41, 5.74) is 6.09. The number of aromatic nitrogens is 2. The molecule has 21 heavy (non-hydrogen) atoms. The van der Waals surface area contributed by atoms with Crippen molar-refractivity contribution >= 4 is 33.2 Å². The molecule has 1 aliphatic rings. The van der Waals surface area contributed by atoms with Crippen LogP contribution >= 0.6 is 0 Å². The number of rotatable bonds is 1. The summed E-state index contributed by atoms with van der Waals surface area (Å²) in [4.78, 5) is 8.60. The Bertz CT molecular complexity index is 960. The van der Waals surface area contributed by atoms with Crippen LogP contribution < -0.4 is 5.32 Å². The predicted octanol–water partition coefficient (Wildman–Crippen LogP) is 3.60. The van der Waals surface area contributed by atoms with Gasteiger partial charge in [-0.05, 0) is 18.2 Å². The van der Waals surface area contributed by atoms with Crippen LogP contribution in [0, 0.1) is 0 Å². The van der Waals surface area contributed by atoms with E-state index < -0.39 is 0 Å². The third-order valence-electron chi connectivity index (χ3n) is 4.01. The Labute approximate surface area is 122 Å². The Balaban J connectivity index is 2.19. The molecule has 1 aliphatic heterocycles. The van der Waals surface area contributed by atoms with Crippen LogP contribution in [-0.4, -0.2) is 15.3 Å². The lowest BCUT2D eigenvalue weighted by molar-refractivity contribution is 1.01. The molecule has 3 heterocycles. The van der Waals surface area contributed by atoms with Gasteiger partial charge >= 0.3 is 0 Å². The minimum Gasteiger partial charge on any atom is -0.353 e. The van der Waals surface area contributed by atoms with Gasteiger partial charge in [-0.2, -0.15) is 0 Å². The van der Waals surface area contributed by atoms with E-state index in [9.17, 15) is 0 Å². The summed E-state index contributed by atoms with van der Waals surface area (Å²) >= 11 is 0. The predicted molar refractivity (Wildman–Crippen MR) is 87.7 cm³/mol. The summed E-state index contributed by atoms with van der Waals surface area (Å²) in [5, 5.41) is 5.66. The van der Waals surface area contributed by atoms with Gasteiger partial charge in [0.1, 0.15) is 0 Å². The van der Waals surface area contributed by atoms with Crippen molar-refractivity contribution in [2.75, 3.05) is 5.32 Å². The first kappa shape index (κ1) is 11.9. The van der Waals surface area contributed by atoms with E-state index in [1.165, 1.54) is 0 Å². The fraction of sp³-hybridized carbons (Fsp3) is 0.0588. The van der Waals surface area contributed by atoms with Crippen molar-refractivity contribution in [3.05, 3.63) is 61.2 Å². The van der Waals surface area contributed by atoms with E-state index in [1.807, 2.05) is 18.5 Å². The summed E-state index contributed by atoms with van der Waals surface area (Å²) in [7, 11) is 2.07. The molecule has 3 aromatic rings. The van der Waals surface area contributed by atoms with Crippen molar-refractivity contribution in [2.45, 2.75) is 0 Å². The Kier molecular flexibility index (Phi) is 2.30. The quantitative estimate of drug-likeness (QED) is 0.736. The molecule has 2 aromatic heterocycles. The summed E-state index contributed by atoms with van der Waals surface area (Å²) in [5.74, 6) is 0. The molecule has 0 aliphatic carbocycles. The lowest BCUT2D eigenvalue weighted by atomic mass is 10.1. The van der Waals surface area contributed by atoms with Crippen LogP contribution in [-0.2, 0) is 7.05 Å². The van der Waals surface area contributed by atoms with E-state index in [-0.39, 0.29) is 0 Å². The van der Waals surface area contributed by atoms with Crippen LogP contribution in [0.15, 0.2) is 60.6 Å². The second kappa shape index (κ2) is 4.06. The Morgan fingerprint density at radius 3 is 2.95 bits per heavy atom. The van der Waals surface area contributed by atoms with E-state index in [4.69, 9.17) is 0 Å². The molecule has 1 N–H and O–H groups in total. The maximum absolute atomic E-state index is 4.34. The van der Waals surface area contributed by atoms with Crippen LogP contribution in [0.3, 0.4) is 0 Å². The molecule has 0 bridgehead atoms. The van der Waals surface area contributed by atoms with Crippen molar-refractivity contribution in [1.29, 1.82) is 0 Å². The summed E-state index contributed by atoms with van der Waals surface area (Å²) < 4.78 is 2.18. The first-order valence-corrected chi connectivity index (χ1v) is 6.73. The molecule has 0 saturated carbocycles. The van der Waals surface area contributed by atoms with E-state index in [2.05, 4.69) is 52.2 Å². The van der Waals surface area contributed by atoms with Gasteiger partial charge in [-0.1, -0.05) is 13.2 Å². The minimum absolute atomic E-state index is 0.804. The Morgan fingerprint density at radius 2 is 2.14 bits per heavy atom. The largest absolute Gasteiger partial charge is 0.353 e. The molecular weight excluding hydrogens is 260 g/mol. The second-order valence-electron chi connectivity index (χ2n) is 5.10. The van der Waals surface area contributed by atoms with Gasteiger partial charge in [-0.25, -0.2) is 0 Å². The molecule has 1 aromatic carbocycles. The van der Waals surface area contributed by atoms with Crippen molar-refractivity contribution in [2.24, 2.45) is 12.0 Å². The van der Waals surface area contributed by atoms with Crippen LogP contribution in [0.5, 0.6) is 0 Å². The minimum atomic E-state index is 0.804. The van der Waals surface area contributed by atoms with Gasteiger partial charge in [-0.3, -0.25) is 9.98 Å². The highest BCUT2D eigenvalue weighted by Crippen LogP contribution is 2.40. The molecule has 4 heteroatoms. The molecular formula is C17H14N4. The van der Waals surface area contributed by atoms with E-state index in [0.29, 0.717) is 0 Å². The Hall–Kier alpha value is -2.88. The number of hydrogen-bond donors (Lipinski definition) is 1. The van der Waals surface area contributed by atoms with Gasteiger partial charge < -0.3 is 9.88 Å². The van der Waals surface area contributed by atoms with Crippen molar-refractivity contribution < 1.29 is 0 Å². The number of anilines is 1. The average molecular weight is 274 g/mol. The highest BCUT2D eigenvalue weighted by molar-refractivity contribution is 6.28. The lowest BCUT2D eigenvalue weighted by Gasteiger charge is -2.02. The van der Waals surface area contributed by atoms with Gasteiger partial charge in [0.05, 0.1) is 28.1 Å². The molecule has 102 valence electrons. The molecule has 0 unspecified atom stereocenters. The fourth-order valence-corrected chi connectivity index (χ4v) is 3.08. The molecule has 0 saturated heterocycles. The molecule has 0 amide bonds. The smallest absolute Gasteiger partial charge is 0.0951 e. The Morgan fingerprint density at radius 1 is 1.29 bits per heavy atom.